The number of benzene rings is 1. The number of nitriles is 1. The van der Waals surface area contributed by atoms with E-state index in [0.717, 1.165) is 38.3 Å². The lowest BCUT2D eigenvalue weighted by atomic mass is 10.1. The Labute approximate surface area is 133 Å². The van der Waals surface area contributed by atoms with Gasteiger partial charge < -0.3 is 5.32 Å². The zero-order valence-electron chi connectivity index (χ0n) is 11.6. The van der Waals surface area contributed by atoms with Crippen LogP contribution in [0, 0.1) is 11.3 Å². The molecule has 1 N–H and O–H groups in total. The van der Waals surface area contributed by atoms with Gasteiger partial charge in [0.05, 0.1) is 11.3 Å². The van der Waals surface area contributed by atoms with Crippen LogP contribution in [0.15, 0.2) is 29.6 Å². The highest BCUT2D eigenvalue weighted by molar-refractivity contribution is 7.10. The number of thiophene rings is 1. The summed E-state index contributed by atoms with van der Waals surface area (Å²) in [6.45, 7) is 3.95. The van der Waals surface area contributed by atoms with Gasteiger partial charge in [0, 0.05) is 36.1 Å². The quantitative estimate of drug-likeness (QED) is 0.933. The zero-order valence-corrected chi connectivity index (χ0v) is 13.2. The van der Waals surface area contributed by atoms with Crippen LogP contribution in [0.3, 0.4) is 0 Å². The van der Waals surface area contributed by atoms with Gasteiger partial charge in [0.15, 0.2) is 0 Å². The van der Waals surface area contributed by atoms with Gasteiger partial charge in [0.2, 0.25) is 0 Å². The second-order valence-electron chi connectivity index (χ2n) is 5.12. The summed E-state index contributed by atoms with van der Waals surface area (Å²) in [5, 5.41) is 15.2. The maximum Gasteiger partial charge on any atom is 0.101 e. The molecule has 0 atom stereocenters. The lowest BCUT2D eigenvalue weighted by molar-refractivity contribution is 0.266. The highest BCUT2D eigenvalue weighted by atomic mass is 35.5. The van der Waals surface area contributed by atoms with Crippen LogP contribution in [0.1, 0.15) is 16.0 Å². The van der Waals surface area contributed by atoms with Gasteiger partial charge in [-0.25, -0.2) is 0 Å². The number of halogens is 1. The summed E-state index contributed by atoms with van der Waals surface area (Å²) in [6, 6.07) is 9.78. The molecule has 5 heteroatoms. The first-order valence-corrected chi connectivity index (χ1v) is 8.23. The van der Waals surface area contributed by atoms with Crippen molar-refractivity contribution >= 4 is 28.6 Å². The Morgan fingerprint density at radius 2 is 2.29 bits per heavy atom. The number of hydrogen-bond donors (Lipinski definition) is 1. The molecule has 1 aromatic heterocycles. The van der Waals surface area contributed by atoms with Crippen LogP contribution in [-0.4, -0.2) is 24.5 Å². The average molecular weight is 318 g/mol. The number of anilines is 1. The molecule has 21 heavy (non-hydrogen) atoms. The van der Waals surface area contributed by atoms with Crippen LogP contribution in [0.5, 0.6) is 0 Å². The summed E-state index contributed by atoms with van der Waals surface area (Å²) in [6.07, 6.45) is 1.15. The fourth-order valence-corrected chi connectivity index (χ4v) is 3.67. The lowest BCUT2D eigenvalue weighted by Gasteiger charge is -2.27. The second kappa shape index (κ2) is 6.48. The van der Waals surface area contributed by atoms with Gasteiger partial charge >= 0.3 is 0 Å². The highest BCUT2D eigenvalue weighted by Crippen LogP contribution is 2.24. The van der Waals surface area contributed by atoms with E-state index in [4.69, 9.17) is 16.9 Å². The van der Waals surface area contributed by atoms with Crippen LogP contribution in [0.25, 0.3) is 0 Å². The van der Waals surface area contributed by atoms with E-state index in [-0.39, 0.29) is 0 Å². The predicted octanol–water partition coefficient (Wildman–Crippen LogP) is 3.74. The fourth-order valence-electron chi connectivity index (χ4n) is 2.61. The molecule has 3 rings (SSSR count). The molecule has 0 saturated heterocycles. The summed E-state index contributed by atoms with van der Waals surface area (Å²) >= 11 is 7.77. The molecule has 0 aliphatic carbocycles. The van der Waals surface area contributed by atoms with Crippen molar-refractivity contribution in [3.63, 3.8) is 0 Å². The van der Waals surface area contributed by atoms with Crippen molar-refractivity contribution in [2.75, 3.05) is 25.0 Å². The molecule has 0 amide bonds. The predicted molar refractivity (Wildman–Crippen MR) is 88.0 cm³/mol. The van der Waals surface area contributed by atoms with Crippen molar-refractivity contribution in [2.45, 2.75) is 13.0 Å². The third-order valence-electron chi connectivity index (χ3n) is 3.73. The van der Waals surface area contributed by atoms with E-state index in [1.165, 1.54) is 10.4 Å². The van der Waals surface area contributed by atoms with Crippen LogP contribution in [-0.2, 0) is 13.0 Å². The van der Waals surface area contributed by atoms with E-state index in [2.05, 4.69) is 27.7 Å². The van der Waals surface area contributed by atoms with E-state index in [1.807, 2.05) is 23.5 Å². The Hall–Kier alpha value is -1.54. The molecule has 3 nitrogen and oxygen atoms in total. The molecule has 0 fully saturated rings. The molecule has 1 aliphatic heterocycles. The number of rotatable bonds is 4. The molecule has 1 aromatic carbocycles. The van der Waals surface area contributed by atoms with Crippen molar-refractivity contribution in [3.05, 3.63) is 50.7 Å². The van der Waals surface area contributed by atoms with Gasteiger partial charge in [-0.05, 0) is 41.6 Å². The van der Waals surface area contributed by atoms with Gasteiger partial charge in [-0.15, -0.1) is 11.3 Å². The first-order valence-electron chi connectivity index (χ1n) is 6.97. The van der Waals surface area contributed by atoms with E-state index in [9.17, 15) is 0 Å². The zero-order chi connectivity index (χ0) is 14.7. The molecule has 2 heterocycles. The minimum absolute atomic E-state index is 0.595. The molecule has 0 spiro atoms. The molecular weight excluding hydrogens is 302 g/mol. The Morgan fingerprint density at radius 3 is 3.14 bits per heavy atom. The Balaban J connectivity index is 1.54. The smallest absolute Gasteiger partial charge is 0.101 e. The maximum atomic E-state index is 9.12. The number of fused-ring (bicyclic) bond motifs is 1. The van der Waals surface area contributed by atoms with Crippen molar-refractivity contribution in [1.82, 2.24) is 4.90 Å². The molecular formula is C16H16ClN3S. The van der Waals surface area contributed by atoms with E-state index < -0.39 is 0 Å². The van der Waals surface area contributed by atoms with Crippen molar-refractivity contribution in [3.8, 4) is 6.07 Å². The number of nitrogens with zero attached hydrogens (tertiary/aromatic N) is 2. The summed E-state index contributed by atoms with van der Waals surface area (Å²) in [5.41, 5.74) is 2.92. The van der Waals surface area contributed by atoms with Crippen LogP contribution in [0.2, 0.25) is 5.02 Å². The maximum absolute atomic E-state index is 9.12. The summed E-state index contributed by atoms with van der Waals surface area (Å²) in [4.78, 5) is 3.98. The SMILES string of the molecule is N#Cc1cc(Cl)ccc1NCCN1CCc2sccc2C1. The summed E-state index contributed by atoms with van der Waals surface area (Å²) < 4.78 is 0. The number of nitrogens with one attached hydrogen (secondary N) is 1. The number of hydrogen-bond acceptors (Lipinski definition) is 4. The minimum atomic E-state index is 0.595. The van der Waals surface area contributed by atoms with Crippen LogP contribution >= 0.6 is 22.9 Å². The van der Waals surface area contributed by atoms with Gasteiger partial charge in [0.25, 0.3) is 0 Å². The molecule has 0 saturated carbocycles. The standard InChI is InChI=1S/C16H16ClN3S/c17-14-1-2-15(13(9-14)10-18)19-5-7-20-6-3-16-12(11-20)4-8-21-16/h1-2,4,8-9,19H,3,5-7,11H2. The van der Waals surface area contributed by atoms with Crippen LogP contribution < -0.4 is 5.32 Å². The van der Waals surface area contributed by atoms with Crippen molar-refractivity contribution in [2.24, 2.45) is 0 Å². The molecule has 1 aliphatic rings. The van der Waals surface area contributed by atoms with E-state index in [0.29, 0.717) is 10.6 Å². The third-order valence-corrected chi connectivity index (χ3v) is 4.99. The van der Waals surface area contributed by atoms with Gasteiger partial charge in [-0.3, -0.25) is 4.90 Å². The van der Waals surface area contributed by atoms with E-state index >= 15 is 0 Å². The lowest BCUT2D eigenvalue weighted by Crippen LogP contribution is -2.33. The van der Waals surface area contributed by atoms with Crippen molar-refractivity contribution < 1.29 is 0 Å². The largest absolute Gasteiger partial charge is 0.383 e. The van der Waals surface area contributed by atoms with Gasteiger partial charge in [-0.1, -0.05) is 11.6 Å². The van der Waals surface area contributed by atoms with Crippen LogP contribution in [0.4, 0.5) is 5.69 Å². The fraction of sp³-hybridized carbons (Fsp3) is 0.312. The first kappa shape index (κ1) is 14.4. The van der Waals surface area contributed by atoms with Crippen molar-refractivity contribution in [1.29, 1.82) is 5.26 Å². The Bertz CT molecular complexity index is 674. The highest BCUT2D eigenvalue weighted by Gasteiger charge is 2.16. The van der Waals surface area contributed by atoms with Gasteiger partial charge in [0.1, 0.15) is 6.07 Å². The molecule has 0 radical (unpaired) electrons. The van der Waals surface area contributed by atoms with E-state index in [1.54, 1.807) is 6.07 Å². The average Bonchev–Trinajstić information content (AvgIpc) is 2.96. The normalized spacial score (nSPS) is 14.5. The first-order chi connectivity index (χ1) is 10.3. The minimum Gasteiger partial charge on any atom is -0.383 e. The molecule has 108 valence electrons. The van der Waals surface area contributed by atoms with Gasteiger partial charge in [-0.2, -0.15) is 5.26 Å². The third kappa shape index (κ3) is 3.38. The second-order valence-corrected chi connectivity index (χ2v) is 6.56. The Morgan fingerprint density at radius 1 is 1.38 bits per heavy atom. The topological polar surface area (TPSA) is 39.1 Å². The molecule has 2 aromatic rings. The monoisotopic (exact) mass is 317 g/mol. The summed E-state index contributed by atoms with van der Waals surface area (Å²) in [5.74, 6) is 0. The summed E-state index contributed by atoms with van der Waals surface area (Å²) in [7, 11) is 0. The Kier molecular flexibility index (Phi) is 4.45. The molecule has 0 unspecified atom stereocenters. The molecule has 0 bridgehead atoms.